The second-order valence-electron chi connectivity index (χ2n) is 5.52. The third-order valence-electron chi connectivity index (χ3n) is 3.94. The first-order valence-electron chi connectivity index (χ1n) is 6.94. The number of hydrogen-bond donors (Lipinski definition) is 2. The number of nitrogens with one attached hydrogen (secondary N) is 2. The third-order valence-corrected chi connectivity index (χ3v) is 3.94. The largest absolute Gasteiger partial charge is 0.350 e. The highest BCUT2D eigenvalue weighted by atomic mass is 16.2. The molecule has 1 aliphatic carbocycles. The van der Waals surface area contributed by atoms with E-state index in [0.717, 1.165) is 25.6 Å². The normalized spacial score (nSPS) is 23.5. The van der Waals surface area contributed by atoms with E-state index in [4.69, 9.17) is 0 Å². The van der Waals surface area contributed by atoms with Crippen LogP contribution in [-0.4, -0.2) is 41.5 Å². The molecule has 1 atom stereocenters. The van der Waals surface area contributed by atoms with Crippen LogP contribution in [0, 0.1) is 5.92 Å². The van der Waals surface area contributed by atoms with Gasteiger partial charge in [-0.25, -0.2) is 0 Å². The lowest BCUT2D eigenvalue weighted by atomic mass is 10.1. The number of nitrogens with zero attached hydrogens (tertiary/aromatic N) is 1. The first-order chi connectivity index (χ1) is 9.22. The minimum Gasteiger partial charge on any atom is -0.350 e. The molecule has 5 heteroatoms. The molecular weight excluding hydrogens is 242 g/mol. The number of rotatable bonds is 4. The average molecular weight is 261 g/mol. The van der Waals surface area contributed by atoms with Gasteiger partial charge in [0.2, 0.25) is 5.56 Å². The fourth-order valence-corrected chi connectivity index (χ4v) is 2.71. The SMILES string of the molecule is O=C(NCC1CCN(C2CC2)C1)c1cccc(=O)[nH]1. The van der Waals surface area contributed by atoms with Crippen LogP contribution in [0.2, 0.25) is 0 Å². The minimum absolute atomic E-state index is 0.192. The second kappa shape index (κ2) is 5.17. The van der Waals surface area contributed by atoms with Crippen molar-refractivity contribution in [1.29, 1.82) is 0 Å². The fraction of sp³-hybridized carbons (Fsp3) is 0.571. The Labute approximate surface area is 112 Å². The van der Waals surface area contributed by atoms with Gasteiger partial charge in [-0.3, -0.25) is 9.59 Å². The van der Waals surface area contributed by atoms with Gasteiger partial charge in [-0.1, -0.05) is 6.07 Å². The minimum atomic E-state index is -0.242. The molecule has 2 fully saturated rings. The first-order valence-corrected chi connectivity index (χ1v) is 6.94. The summed E-state index contributed by atoms with van der Waals surface area (Å²) in [5.41, 5.74) is 0.0953. The van der Waals surface area contributed by atoms with E-state index >= 15 is 0 Å². The predicted octanol–water partition coefficient (Wildman–Crippen LogP) is 0.589. The van der Waals surface area contributed by atoms with E-state index in [-0.39, 0.29) is 11.5 Å². The van der Waals surface area contributed by atoms with Gasteiger partial charge in [0.15, 0.2) is 0 Å². The molecule has 1 saturated heterocycles. The number of carbonyl (C=O) groups excluding carboxylic acids is 1. The van der Waals surface area contributed by atoms with Crippen molar-refractivity contribution in [2.75, 3.05) is 19.6 Å². The van der Waals surface area contributed by atoms with E-state index in [9.17, 15) is 9.59 Å². The Bertz CT molecular complexity index is 521. The van der Waals surface area contributed by atoms with Crippen LogP contribution in [0.5, 0.6) is 0 Å². The number of amides is 1. The van der Waals surface area contributed by atoms with Crippen molar-refractivity contribution in [1.82, 2.24) is 15.2 Å². The van der Waals surface area contributed by atoms with Crippen molar-refractivity contribution in [2.45, 2.75) is 25.3 Å². The van der Waals surface area contributed by atoms with Crippen LogP contribution >= 0.6 is 0 Å². The summed E-state index contributed by atoms with van der Waals surface area (Å²) in [6.45, 7) is 2.95. The third kappa shape index (κ3) is 3.04. The molecule has 1 aliphatic heterocycles. The predicted molar refractivity (Wildman–Crippen MR) is 72.1 cm³/mol. The van der Waals surface area contributed by atoms with Gasteiger partial charge in [-0.2, -0.15) is 0 Å². The Morgan fingerprint density at radius 1 is 1.37 bits per heavy atom. The molecule has 2 N–H and O–H groups in total. The van der Waals surface area contributed by atoms with Crippen LogP contribution in [0.3, 0.4) is 0 Å². The van der Waals surface area contributed by atoms with Gasteiger partial charge in [0, 0.05) is 25.2 Å². The molecule has 102 valence electrons. The lowest BCUT2D eigenvalue weighted by Crippen LogP contribution is -2.32. The molecule has 3 rings (SSSR count). The summed E-state index contributed by atoms with van der Waals surface area (Å²) in [7, 11) is 0. The molecule has 1 saturated carbocycles. The zero-order valence-corrected chi connectivity index (χ0v) is 10.9. The zero-order chi connectivity index (χ0) is 13.2. The Kier molecular flexibility index (Phi) is 3.38. The highest BCUT2D eigenvalue weighted by Gasteiger charge is 2.34. The molecule has 0 aromatic carbocycles. The topological polar surface area (TPSA) is 65.2 Å². The Hall–Kier alpha value is -1.62. The summed E-state index contributed by atoms with van der Waals surface area (Å²) in [5, 5.41) is 2.91. The van der Waals surface area contributed by atoms with E-state index in [2.05, 4.69) is 15.2 Å². The second-order valence-corrected chi connectivity index (χ2v) is 5.52. The lowest BCUT2D eigenvalue weighted by molar-refractivity contribution is 0.0942. The lowest BCUT2D eigenvalue weighted by Gasteiger charge is -2.15. The number of aromatic nitrogens is 1. The van der Waals surface area contributed by atoms with E-state index in [1.807, 2.05) is 0 Å². The van der Waals surface area contributed by atoms with Crippen LogP contribution in [-0.2, 0) is 0 Å². The Morgan fingerprint density at radius 3 is 2.95 bits per heavy atom. The molecule has 5 nitrogen and oxygen atoms in total. The quantitative estimate of drug-likeness (QED) is 0.833. The van der Waals surface area contributed by atoms with Crippen LogP contribution in [0.4, 0.5) is 0 Å². The highest BCUT2D eigenvalue weighted by Crippen LogP contribution is 2.31. The summed E-state index contributed by atoms with van der Waals surface area (Å²) >= 11 is 0. The fourth-order valence-electron chi connectivity index (χ4n) is 2.71. The van der Waals surface area contributed by atoms with Crippen LogP contribution in [0.1, 0.15) is 29.8 Å². The number of H-pyrrole nitrogens is 1. The van der Waals surface area contributed by atoms with Gasteiger partial charge in [-0.15, -0.1) is 0 Å². The van der Waals surface area contributed by atoms with E-state index in [1.54, 1.807) is 12.1 Å². The van der Waals surface area contributed by atoms with E-state index < -0.39 is 0 Å². The smallest absolute Gasteiger partial charge is 0.267 e. The van der Waals surface area contributed by atoms with Crippen LogP contribution in [0.15, 0.2) is 23.0 Å². The molecule has 19 heavy (non-hydrogen) atoms. The summed E-state index contributed by atoms with van der Waals surface area (Å²) in [6, 6.07) is 5.44. The van der Waals surface area contributed by atoms with Crippen molar-refractivity contribution < 1.29 is 4.79 Å². The van der Waals surface area contributed by atoms with Gasteiger partial charge in [0.05, 0.1) is 0 Å². The zero-order valence-electron chi connectivity index (χ0n) is 10.9. The molecule has 1 unspecified atom stereocenters. The molecule has 0 bridgehead atoms. The molecule has 1 amide bonds. The summed E-state index contributed by atoms with van der Waals surface area (Å²) in [6.07, 6.45) is 3.83. The molecule has 0 spiro atoms. The Balaban J connectivity index is 1.49. The van der Waals surface area contributed by atoms with Crippen molar-refractivity contribution in [2.24, 2.45) is 5.92 Å². The van der Waals surface area contributed by atoms with Crippen molar-refractivity contribution in [3.05, 3.63) is 34.2 Å². The van der Waals surface area contributed by atoms with E-state index in [1.165, 1.54) is 18.9 Å². The number of aromatic amines is 1. The molecule has 2 heterocycles. The monoisotopic (exact) mass is 261 g/mol. The molecule has 1 aromatic heterocycles. The summed E-state index contributed by atoms with van der Waals surface area (Å²) in [5.74, 6) is 0.350. The van der Waals surface area contributed by atoms with Gasteiger partial charge in [-0.05, 0) is 37.8 Å². The van der Waals surface area contributed by atoms with Crippen LogP contribution in [0.25, 0.3) is 0 Å². The van der Waals surface area contributed by atoms with Crippen molar-refractivity contribution >= 4 is 5.91 Å². The van der Waals surface area contributed by atoms with Gasteiger partial charge in [0.1, 0.15) is 5.69 Å². The highest BCUT2D eigenvalue weighted by molar-refractivity contribution is 5.92. The molecule has 2 aliphatic rings. The summed E-state index contributed by atoms with van der Waals surface area (Å²) < 4.78 is 0. The standard InChI is InChI=1S/C14H19N3O2/c18-13-3-1-2-12(16-13)14(19)15-8-10-6-7-17(9-10)11-4-5-11/h1-3,10-11H,4-9H2,(H,15,19)(H,16,18). The maximum Gasteiger partial charge on any atom is 0.267 e. The number of pyridine rings is 1. The molecule has 0 radical (unpaired) electrons. The first kappa shape index (κ1) is 12.4. The molecule has 1 aromatic rings. The number of likely N-dealkylation sites (tertiary alicyclic amines) is 1. The summed E-state index contributed by atoms with van der Waals surface area (Å²) in [4.78, 5) is 28.1. The van der Waals surface area contributed by atoms with Gasteiger partial charge < -0.3 is 15.2 Å². The number of hydrogen-bond acceptors (Lipinski definition) is 3. The van der Waals surface area contributed by atoms with Gasteiger partial charge in [0.25, 0.3) is 5.91 Å². The Morgan fingerprint density at radius 2 is 2.21 bits per heavy atom. The van der Waals surface area contributed by atoms with Crippen molar-refractivity contribution in [3.63, 3.8) is 0 Å². The maximum absolute atomic E-state index is 11.9. The van der Waals surface area contributed by atoms with Crippen molar-refractivity contribution in [3.8, 4) is 0 Å². The van der Waals surface area contributed by atoms with E-state index in [0.29, 0.717) is 18.2 Å². The van der Waals surface area contributed by atoms with Gasteiger partial charge >= 0.3 is 0 Å². The van der Waals surface area contributed by atoms with Crippen LogP contribution < -0.4 is 10.9 Å². The maximum atomic E-state index is 11.9. The molecular formula is C14H19N3O2. The number of carbonyl (C=O) groups is 1. The average Bonchev–Trinajstić information content (AvgIpc) is 3.15.